The SMILES string of the molecule is CCCCCCC(=O)N(Cc1ccc(F)cc1)Cc1ccco1. The van der Waals surface area contributed by atoms with Gasteiger partial charge < -0.3 is 9.32 Å². The van der Waals surface area contributed by atoms with E-state index in [0.717, 1.165) is 37.0 Å². The van der Waals surface area contributed by atoms with E-state index in [1.807, 2.05) is 12.1 Å². The van der Waals surface area contributed by atoms with Crippen molar-refractivity contribution >= 4 is 5.91 Å². The molecule has 0 aliphatic carbocycles. The number of carbonyl (C=O) groups is 1. The van der Waals surface area contributed by atoms with E-state index in [2.05, 4.69) is 6.92 Å². The van der Waals surface area contributed by atoms with E-state index >= 15 is 0 Å². The fourth-order valence-electron chi connectivity index (χ4n) is 2.49. The maximum absolute atomic E-state index is 13.0. The summed E-state index contributed by atoms with van der Waals surface area (Å²) in [6, 6.07) is 9.96. The lowest BCUT2D eigenvalue weighted by Gasteiger charge is -2.22. The van der Waals surface area contributed by atoms with Crippen molar-refractivity contribution in [1.29, 1.82) is 0 Å². The molecule has 3 nitrogen and oxygen atoms in total. The highest BCUT2D eigenvalue weighted by Crippen LogP contribution is 2.14. The van der Waals surface area contributed by atoms with Gasteiger partial charge in [-0.3, -0.25) is 4.79 Å². The molecule has 0 aliphatic heterocycles. The number of rotatable bonds is 9. The zero-order chi connectivity index (χ0) is 16.5. The number of hydrogen-bond donors (Lipinski definition) is 0. The minimum atomic E-state index is -0.266. The number of nitrogens with zero attached hydrogens (tertiary/aromatic N) is 1. The average Bonchev–Trinajstić information content (AvgIpc) is 3.06. The van der Waals surface area contributed by atoms with Crippen LogP contribution in [0, 0.1) is 5.82 Å². The van der Waals surface area contributed by atoms with Crippen LogP contribution < -0.4 is 0 Å². The van der Waals surface area contributed by atoms with Crippen molar-refractivity contribution in [1.82, 2.24) is 4.90 Å². The molecule has 0 radical (unpaired) electrons. The molecule has 1 amide bonds. The zero-order valence-electron chi connectivity index (χ0n) is 13.6. The van der Waals surface area contributed by atoms with Gasteiger partial charge in [-0.2, -0.15) is 0 Å². The van der Waals surface area contributed by atoms with Gasteiger partial charge in [0.2, 0.25) is 5.91 Å². The highest BCUT2D eigenvalue weighted by Gasteiger charge is 2.15. The fraction of sp³-hybridized carbons (Fsp3) is 0.421. The summed E-state index contributed by atoms with van der Waals surface area (Å²) in [5.74, 6) is 0.605. The van der Waals surface area contributed by atoms with Gasteiger partial charge in [0.05, 0.1) is 12.8 Å². The first kappa shape index (κ1) is 17.3. The van der Waals surface area contributed by atoms with Gasteiger partial charge in [0.25, 0.3) is 0 Å². The second kappa shape index (κ2) is 9.13. The largest absolute Gasteiger partial charge is 0.467 e. The highest BCUT2D eigenvalue weighted by atomic mass is 19.1. The van der Waals surface area contributed by atoms with Gasteiger partial charge in [0, 0.05) is 13.0 Å². The van der Waals surface area contributed by atoms with Gasteiger partial charge in [-0.05, 0) is 36.2 Å². The van der Waals surface area contributed by atoms with Crippen LogP contribution in [-0.2, 0) is 17.9 Å². The summed E-state index contributed by atoms with van der Waals surface area (Å²) in [4.78, 5) is 14.3. The first-order valence-corrected chi connectivity index (χ1v) is 8.23. The number of halogens is 1. The van der Waals surface area contributed by atoms with Crippen LogP contribution in [0.1, 0.15) is 50.4 Å². The molecule has 0 aliphatic rings. The summed E-state index contributed by atoms with van der Waals surface area (Å²) < 4.78 is 18.4. The Morgan fingerprint density at radius 1 is 1.09 bits per heavy atom. The van der Waals surface area contributed by atoms with E-state index in [0.29, 0.717) is 19.5 Å². The van der Waals surface area contributed by atoms with Crippen LogP contribution in [0.4, 0.5) is 4.39 Å². The number of carbonyl (C=O) groups excluding carboxylic acids is 1. The Bertz CT molecular complexity index is 578. The summed E-state index contributed by atoms with van der Waals surface area (Å²) >= 11 is 0. The van der Waals surface area contributed by atoms with Crippen LogP contribution in [0.3, 0.4) is 0 Å². The van der Waals surface area contributed by atoms with Gasteiger partial charge in [-0.25, -0.2) is 4.39 Å². The molecule has 2 rings (SSSR count). The minimum absolute atomic E-state index is 0.113. The van der Waals surface area contributed by atoms with Crippen LogP contribution >= 0.6 is 0 Å². The van der Waals surface area contributed by atoms with Gasteiger partial charge in [-0.1, -0.05) is 38.3 Å². The Kier molecular flexibility index (Phi) is 6.85. The highest BCUT2D eigenvalue weighted by molar-refractivity contribution is 5.76. The van der Waals surface area contributed by atoms with Gasteiger partial charge in [-0.15, -0.1) is 0 Å². The molecule has 0 bridgehead atoms. The number of unbranched alkanes of at least 4 members (excludes halogenated alkanes) is 3. The van der Waals surface area contributed by atoms with Crippen molar-refractivity contribution in [3.05, 3.63) is 59.8 Å². The van der Waals surface area contributed by atoms with Crippen molar-refractivity contribution in [2.45, 2.75) is 52.1 Å². The Morgan fingerprint density at radius 3 is 2.52 bits per heavy atom. The number of hydrogen-bond acceptors (Lipinski definition) is 2. The summed E-state index contributed by atoms with van der Waals surface area (Å²) in [6.45, 7) is 3.06. The Balaban J connectivity index is 1.98. The molecule has 0 spiro atoms. The molecule has 0 saturated heterocycles. The molecule has 0 saturated carbocycles. The normalized spacial score (nSPS) is 10.7. The molecular formula is C19H24FNO2. The Morgan fingerprint density at radius 2 is 1.87 bits per heavy atom. The van der Waals surface area contributed by atoms with Crippen molar-refractivity contribution in [3.8, 4) is 0 Å². The molecule has 4 heteroatoms. The van der Waals surface area contributed by atoms with Gasteiger partial charge in [0.15, 0.2) is 0 Å². The molecule has 0 fully saturated rings. The minimum Gasteiger partial charge on any atom is -0.467 e. The predicted octanol–water partition coefficient (Wildman–Crippen LogP) is 4.92. The second-order valence-corrected chi connectivity index (χ2v) is 5.77. The maximum atomic E-state index is 13.0. The first-order valence-electron chi connectivity index (χ1n) is 8.23. The Hall–Kier alpha value is -2.10. The van der Waals surface area contributed by atoms with E-state index in [4.69, 9.17) is 4.42 Å². The first-order chi connectivity index (χ1) is 11.2. The molecule has 0 unspecified atom stereocenters. The smallest absolute Gasteiger partial charge is 0.223 e. The fourth-order valence-corrected chi connectivity index (χ4v) is 2.49. The molecule has 1 heterocycles. The summed E-state index contributed by atoms with van der Waals surface area (Å²) in [6.07, 6.45) is 6.44. The molecule has 23 heavy (non-hydrogen) atoms. The van der Waals surface area contributed by atoms with Crippen LogP contribution in [0.15, 0.2) is 47.1 Å². The van der Waals surface area contributed by atoms with Gasteiger partial charge >= 0.3 is 0 Å². The van der Waals surface area contributed by atoms with Crippen LogP contribution in [0.25, 0.3) is 0 Å². The monoisotopic (exact) mass is 317 g/mol. The lowest BCUT2D eigenvalue weighted by Crippen LogP contribution is -2.29. The average molecular weight is 317 g/mol. The number of furan rings is 1. The molecule has 0 atom stereocenters. The van der Waals surface area contributed by atoms with Crippen LogP contribution in [0.2, 0.25) is 0 Å². The third kappa shape index (κ3) is 5.89. The summed E-state index contributed by atoms with van der Waals surface area (Å²) in [5.41, 5.74) is 0.917. The van der Waals surface area contributed by atoms with E-state index in [1.165, 1.54) is 12.1 Å². The van der Waals surface area contributed by atoms with Crippen molar-refractivity contribution in [2.75, 3.05) is 0 Å². The van der Waals surface area contributed by atoms with Crippen molar-refractivity contribution < 1.29 is 13.6 Å². The van der Waals surface area contributed by atoms with Crippen LogP contribution in [0.5, 0.6) is 0 Å². The molecule has 1 aromatic carbocycles. The number of amides is 1. The standard InChI is InChI=1S/C19H24FNO2/c1-2-3-4-5-8-19(22)21(15-18-7-6-13-23-18)14-16-9-11-17(20)12-10-16/h6-7,9-13H,2-5,8,14-15H2,1H3. The third-order valence-electron chi connectivity index (χ3n) is 3.81. The second-order valence-electron chi connectivity index (χ2n) is 5.77. The van der Waals surface area contributed by atoms with Crippen molar-refractivity contribution in [2.24, 2.45) is 0 Å². The van der Waals surface area contributed by atoms with Gasteiger partial charge in [0.1, 0.15) is 11.6 Å². The van der Waals surface area contributed by atoms with E-state index in [1.54, 1.807) is 23.3 Å². The van der Waals surface area contributed by atoms with E-state index < -0.39 is 0 Å². The molecule has 1 aromatic heterocycles. The molecule has 2 aromatic rings. The topological polar surface area (TPSA) is 33.5 Å². The molecule has 0 N–H and O–H groups in total. The summed E-state index contributed by atoms with van der Waals surface area (Å²) in [5, 5.41) is 0. The lowest BCUT2D eigenvalue weighted by molar-refractivity contribution is -0.132. The van der Waals surface area contributed by atoms with Crippen molar-refractivity contribution in [3.63, 3.8) is 0 Å². The molecule has 124 valence electrons. The van der Waals surface area contributed by atoms with Crippen LogP contribution in [-0.4, -0.2) is 10.8 Å². The maximum Gasteiger partial charge on any atom is 0.223 e. The third-order valence-corrected chi connectivity index (χ3v) is 3.81. The van der Waals surface area contributed by atoms with E-state index in [9.17, 15) is 9.18 Å². The quantitative estimate of drug-likeness (QED) is 0.615. The summed E-state index contributed by atoms with van der Waals surface area (Å²) in [7, 11) is 0. The number of benzene rings is 1. The zero-order valence-corrected chi connectivity index (χ0v) is 13.6. The van der Waals surface area contributed by atoms with E-state index in [-0.39, 0.29) is 11.7 Å². The predicted molar refractivity (Wildman–Crippen MR) is 88.1 cm³/mol. The molecular weight excluding hydrogens is 293 g/mol. The lowest BCUT2D eigenvalue weighted by atomic mass is 10.1. The Labute approximate surface area is 137 Å².